The lowest BCUT2D eigenvalue weighted by Gasteiger charge is -2.32. The van der Waals surface area contributed by atoms with Crippen LogP contribution in [0.5, 0.6) is 5.75 Å². The summed E-state index contributed by atoms with van der Waals surface area (Å²) in [5.74, 6) is 1.61. The van der Waals surface area contributed by atoms with E-state index >= 15 is 0 Å². The van der Waals surface area contributed by atoms with Gasteiger partial charge in [-0.25, -0.2) is 0 Å². The molecule has 0 radical (unpaired) electrons. The van der Waals surface area contributed by atoms with E-state index in [0.29, 0.717) is 23.5 Å². The van der Waals surface area contributed by atoms with Crippen molar-refractivity contribution in [2.45, 2.75) is 63.5 Å². The summed E-state index contributed by atoms with van der Waals surface area (Å²) in [4.78, 5) is 14.2. The van der Waals surface area contributed by atoms with E-state index in [2.05, 4.69) is 10.3 Å². The molecule has 2 saturated carbocycles. The molecule has 5 heteroatoms. The predicted octanol–water partition coefficient (Wildman–Crippen LogP) is 3.61. The van der Waals surface area contributed by atoms with Gasteiger partial charge >= 0.3 is 0 Å². The molecule has 3 atom stereocenters. The van der Waals surface area contributed by atoms with E-state index in [-0.39, 0.29) is 11.3 Å². The number of rotatable bonds is 5. The zero-order chi connectivity index (χ0) is 18.8. The highest BCUT2D eigenvalue weighted by Crippen LogP contribution is 2.39. The van der Waals surface area contributed by atoms with Crippen LogP contribution < -0.4 is 10.9 Å². The van der Waals surface area contributed by atoms with Crippen LogP contribution in [0.1, 0.15) is 63.0 Å². The fourth-order valence-corrected chi connectivity index (χ4v) is 5.29. The van der Waals surface area contributed by atoms with E-state index in [0.717, 1.165) is 17.4 Å². The predicted molar refractivity (Wildman–Crippen MR) is 107 cm³/mol. The molecule has 2 aliphatic carbocycles. The molecule has 4 N–H and O–H groups in total. The number of pyridine rings is 1. The molecule has 2 fully saturated rings. The molecule has 2 aliphatic rings. The molecule has 0 aliphatic heterocycles. The molecule has 0 bridgehead atoms. The first-order valence-corrected chi connectivity index (χ1v) is 10.4. The maximum Gasteiger partial charge on any atom is 0.248 e. The number of phenolic OH excluding ortho intramolecular Hbond substituents is 1. The molecule has 2 unspecified atom stereocenters. The van der Waals surface area contributed by atoms with Crippen molar-refractivity contribution in [1.82, 2.24) is 10.3 Å². The normalized spacial score (nSPS) is 25.1. The van der Waals surface area contributed by atoms with Gasteiger partial charge in [-0.3, -0.25) is 4.79 Å². The van der Waals surface area contributed by atoms with E-state index < -0.39 is 6.10 Å². The lowest BCUT2D eigenvalue weighted by Crippen LogP contribution is -2.38. The number of aromatic amines is 1. The van der Waals surface area contributed by atoms with Crippen LogP contribution >= 0.6 is 0 Å². The largest absolute Gasteiger partial charge is 0.506 e. The number of benzene rings is 1. The number of aliphatic hydroxyl groups excluding tert-OH is 1. The summed E-state index contributed by atoms with van der Waals surface area (Å²) < 4.78 is 0. The van der Waals surface area contributed by atoms with Gasteiger partial charge in [0, 0.05) is 24.0 Å². The summed E-state index contributed by atoms with van der Waals surface area (Å²) in [5, 5.41) is 25.1. The summed E-state index contributed by atoms with van der Waals surface area (Å²) >= 11 is 0. The lowest BCUT2D eigenvalue weighted by atomic mass is 9.77. The summed E-state index contributed by atoms with van der Waals surface area (Å²) in [6.45, 7) is 0.493. The second kappa shape index (κ2) is 8.03. The number of phenols is 1. The molecular weight excluding hydrogens is 340 g/mol. The third kappa shape index (κ3) is 3.90. The van der Waals surface area contributed by atoms with Crippen molar-refractivity contribution in [3.63, 3.8) is 0 Å². The van der Waals surface area contributed by atoms with Gasteiger partial charge in [0.1, 0.15) is 5.75 Å². The van der Waals surface area contributed by atoms with Crippen molar-refractivity contribution in [3.05, 3.63) is 40.2 Å². The highest BCUT2D eigenvalue weighted by molar-refractivity contribution is 5.87. The van der Waals surface area contributed by atoms with Gasteiger partial charge in [0.2, 0.25) is 5.56 Å². The molecule has 1 aromatic carbocycles. The number of aromatic nitrogens is 1. The minimum Gasteiger partial charge on any atom is -0.506 e. The topological polar surface area (TPSA) is 85.3 Å². The van der Waals surface area contributed by atoms with Crippen molar-refractivity contribution in [3.8, 4) is 5.75 Å². The molecule has 4 rings (SSSR count). The number of nitrogens with one attached hydrogen (secondary N) is 2. The molecule has 1 aromatic heterocycles. The average Bonchev–Trinajstić information content (AvgIpc) is 3.16. The van der Waals surface area contributed by atoms with Gasteiger partial charge in [-0.1, -0.05) is 44.6 Å². The minimum absolute atomic E-state index is 0.0276. The van der Waals surface area contributed by atoms with Crippen LogP contribution in [0.4, 0.5) is 0 Å². The summed E-state index contributed by atoms with van der Waals surface area (Å²) in [6.07, 6.45) is 9.95. The van der Waals surface area contributed by atoms with Gasteiger partial charge in [-0.05, 0) is 42.4 Å². The summed E-state index contributed by atoms with van der Waals surface area (Å²) in [5.41, 5.74) is 0.864. The van der Waals surface area contributed by atoms with E-state index in [1.807, 2.05) is 0 Å². The second-order valence-corrected chi connectivity index (χ2v) is 8.31. The number of aliphatic hydroxyl groups is 1. The van der Waals surface area contributed by atoms with Gasteiger partial charge in [-0.2, -0.15) is 0 Å². The first-order valence-electron chi connectivity index (χ1n) is 10.4. The van der Waals surface area contributed by atoms with E-state index in [4.69, 9.17) is 0 Å². The smallest absolute Gasteiger partial charge is 0.248 e. The summed E-state index contributed by atoms with van der Waals surface area (Å²) in [7, 11) is 0. The number of fused-ring (bicyclic) bond motifs is 1. The number of hydrogen-bond donors (Lipinski definition) is 4. The van der Waals surface area contributed by atoms with Crippen molar-refractivity contribution >= 4 is 10.9 Å². The zero-order valence-corrected chi connectivity index (χ0v) is 15.8. The monoisotopic (exact) mass is 370 g/mol. The van der Waals surface area contributed by atoms with Crippen LogP contribution in [0.25, 0.3) is 10.9 Å². The van der Waals surface area contributed by atoms with Crippen molar-refractivity contribution in [2.75, 3.05) is 6.54 Å². The number of H-pyrrole nitrogens is 1. The number of aromatic hydroxyl groups is 1. The van der Waals surface area contributed by atoms with E-state index in [9.17, 15) is 15.0 Å². The van der Waals surface area contributed by atoms with Crippen LogP contribution in [0.3, 0.4) is 0 Å². The Morgan fingerprint density at radius 2 is 1.85 bits per heavy atom. The Hall–Kier alpha value is -1.85. The zero-order valence-electron chi connectivity index (χ0n) is 15.8. The third-order valence-electron chi connectivity index (χ3n) is 6.66. The number of hydrogen-bond acceptors (Lipinski definition) is 4. The molecule has 0 saturated heterocycles. The van der Waals surface area contributed by atoms with Crippen LogP contribution in [0.2, 0.25) is 0 Å². The van der Waals surface area contributed by atoms with Gasteiger partial charge < -0.3 is 20.5 Å². The van der Waals surface area contributed by atoms with Crippen molar-refractivity contribution in [1.29, 1.82) is 0 Å². The Balaban J connectivity index is 1.46. The minimum atomic E-state index is -0.674. The summed E-state index contributed by atoms with van der Waals surface area (Å²) in [6, 6.07) is 6.88. The SMILES string of the molecule is O=c1ccc2c([C@@H](O)CNC3CCCC3C3CCCCC3)ccc(O)c2[nH]1. The molecule has 2 aromatic rings. The molecular formula is C22H30N2O3. The van der Waals surface area contributed by atoms with Crippen LogP contribution in [-0.4, -0.2) is 27.8 Å². The standard InChI is InChI=1S/C22H30N2O3/c25-19-11-9-16(17-10-12-21(27)24-22(17)19)20(26)13-23-18-8-4-7-15(18)14-5-2-1-3-6-14/h9-12,14-15,18,20,23,25-26H,1-8,13H2,(H,24,27)/t15?,18?,20-/m0/s1. The first-order chi connectivity index (χ1) is 13.1. The van der Waals surface area contributed by atoms with Crippen LogP contribution in [0.15, 0.2) is 29.1 Å². The van der Waals surface area contributed by atoms with Crippen molar-refractivity contribution in [2.24, 2.45) is 11.8 Å². The van der Waals surface area contributed by atoms with Gasteiger partial charge in [-0.15, -0.1) is 0 Å². The Kier molecular flexibility index (Phi) is 5.50. The van der Waals surface area contributed by atoms with Gasteiger partial charge in [0.05, 0.1) is 11.6 Å². The molecule has 5 nitrogen and oxygen atoms in total. The molecule has 1 heterocycles. The Morgan fingerprint density at radius 1 is 1.04 bits per heavy atom. The third-order valence-corrected chi connectivity index (χ3v) is 6.66. The molecule has 27 heavy (non-hydrogen) atoms. The van der Waals surface area contributed by atoms with E-state index in [1.54, 1.807) is 12.1 Å². The Bertz CT molecular complexity index is 841. The van der Waals surface area contributed by atoms with Crippen LogP contribution in [-0.2, 0) is 0 Å². The quantitative estimate of drug-likeness (QED) is 0.648. The first kappa shape index (κ1) is 18.5. The fourth-order valence-electron chi connectivity index (χ4n) is 5.29. The molecule has 0 amide bonds. The lowest BCUT2D eigenvalue weighted by molar-refractivity contribution is 0.155. The molecule has 0 spiro atoms. The highest BCUT2D eigenvalue weighted by atomic mass is 16.3. The highest BCUT2D eigenvalue weighted by Gasteiger charge is 2.34. The molecule has 146 valence electrons. The van der Waals surface area contributed by atoms with Crippen molar-refractivity contribution < 1.29 is 10.2 Å². The average molecular weight is 370 g/mol. The maximum absolute atomic E-state index is 11.6. The second-order valence-electron chi connectivity index (χ2n) is 8.31. The van der Waals surface area contributed by atoms with Crippen LogP contribution in [0, 0.1) is 11.8 Å². The fraction of sp³-hybridized carbons (Fsp3) is 0.591. The van der Waals surface area contributed by atoms with Gasteiger partial charge in [0.25, 0.3) is 0 Å². The maximum atomic E-state index is 11.6. The Labute approximate surface area is 159 Å². The Morgan fingerprint density at radius 3 is 2.67 bits per heavy atom. The van der Waals surface area contributed by atoms with E-state index in [1.165, 1.54) is 63.5 Å². The van der Waals surface area contributed by atoms with Gasteiger partial charge in [0.15, 0.2) is 0 Å².